The molecule has 1 fully saturated rings. The first kappa shape index (κ1) is 31.7. The van der Waals surface area contributed by atoms with Gasteiger partial charge < -0.3 is 14.4 Å². The summed E-state index contributed by atoms with van der Waals surface area (Å²) in [7, 11) is 1.62. The van der Waals surface area contributed by atoms with E-state index < -0.39 is 22.9 Å². The first-order chi connectivity index (χ1) is 21.2. The van der Waals surface area contributed by atoms with Crippen molar-refractivity contribution in [2.45, 2.75) is 78.5 Å². The van der Waals surface area contributed by atoms with Crippen molar-refractivity contribution >= 4 is 27.5 Å². The summed E-state index contributed by atoms with van der Waals surface area (Å²) in [5.74, 6) is 0.758. The minimum absolute atomic E-state index is 0.128. The minimum Gasteiger partial charge on any atom is -0.496 e. The second kappa shape index (κ2) is 13.1. The number of fused-ring (bicyclic) bond motifs is 1. The van der Waals surface area contributed by atoms with Crippen LogP contribution in [0.1, 0.15) is 70.6 Å². The van der Waals surface area contributed by atoms with E-state index in [0.717, 1.165) is 29.8 Å². The van der Waals surface area contributed by atoms with Crippen molar-refractivity contribution in [2.75, 3.05) is 26.8 Å². The quantitative estimate of drug-likeness (QED) is 0.214. The number of hydrogen-bond donors (Lipinski definition) is 0. The molecule has 3 aromatic heterocycles. The second-order valence-corrected chi connectivity index (χ2v) is 12.9. The molecule has 1 aromatic carbocycles. The maximum Gasteiger partial charge on any atom is 0.333 e. The van der Waals surface area contributed by atoms with Gasteiger partial charge in [0.2, 0.25) is 5.91 Å². The molecule has 1 saturated heterocycles. The molecule has 1 aliphatic rings. The third-order valence-corrected chi connectivity index (χ3v) is 10.4. The number of carbonyl (C=O) groups is 1. The molecule has 1 amide bonds. The van der Waals surface area contributed by atoms with E-state index in [9.17, 15) is 14.4 Å². The normalized spacial score (nSPS) is 16.3. The van der Waals surface area contributed by atoms with E-state index in [1.54, 1.807) is 34.4 Å². The topological polar surface area (TPSA) is 101 Å². The number of rotatable bonds is 12. The Hall–Kier alpha value is -3.70. The highest BCUT2D eigenvalue weighted by Crippen LogP contribution is 2.35. The van der Waals surface area contributed by atoms with Crippen LogP contribution in [0.2, 0.25) is 0 Å². The predicted molar refractivity (Wildman–Crippen MR) is 173 cm³/mol. The summed E-state index contributed by atoms with van der Waals surface area (Å²) in [4.78, 5) is 45.5. The molecule has 3 atom stereocenters. The van der Waals surface area contributed by atoms with Gasteiger partial charge in [-0.05, 0) is 51.2 Å². The van der Waals surface area contributed by atoms with E-state index in [-0.39, 0.29) is 12.5 Å². The maximum absolute atomic E-state index is 14.7. The smallest absolute Gasteiger partial charge is 0.333 e. The largest absolute Gasteiger partial charge is 0.496 e. The molecule has 5 rings (SSSR count). The molecule has 0 aliphatic carbocycles. The first-order valence-corrected chi connectivity index (χ1v) is 16.3. The van der Waals surface area contributed by atoms with E-state index in [0.29, 0.717) is 53.6 Å². The van der Waals surface area contributed by atoms with E-state index >= 15 is 0 Å². The zero-order valence-electron chi connectivity index (χ0n) is 26.5. The van der Waals surface area contributed by atoms with Gasteiger partial charge in [-0.1, -0.05) is 56.7 Å². The van der Waals surface area contributed by atoms with Gasteiger partial charge in [0.25, 0.3) is 5.56 Å². The van der Waals surface area contributed by atoms with Gasteiger partial charge in [-0.2, -0.15) is 5.10 Å². The van der Waals surface area contributed by atoms with E-state index in [1.807, 2.05) is 50.4 Å². The highest BCUT2D eigenvalue weighted by Gasteiger charge is 2.41. The van der Waals surface area contributed by atoms with Crippen LogP contribution in [-0.2, 0) is 21.6 Å². The van der Waals surface area contributed by atoms with Gasteiger partial charge in [0.05, 0.1) is 25.6 Å². The lowest BCUT2D eigenvalue weighted by Gasteiger charge is -2.33. The van der Waals surface area contributed by atoms with Crippen LogP contribution in [0.3, 0.4) is 0 Å². The molecule has 0 bridgehead atoms. The number of hydrogen-bond acceptors (Lipinski definition) is 7. The Morgan fingerprint density at radius 2 is 1.86 bits per heavy atom. The minimum atomic E-state index is -1.35. The molecule has 0 N–H and O–H groups in total. The molecule has 1 aliphatic heterocycles. The lowest BCUT2D eigenvalue weighted by molar-refractivity contribution is -0.139. The monoisotopic (exact) mass is 621 g/mol. The number of carbonyl (C=O) groups excluding carboxylic acids is 1. The zero-order valence-corrected chi connectivity index (χ0v) is 27.4. The third kappa shape index (κ3) is 5.63. The first-order valence-electron chi connectivity index (χ1n) is 15.5. The number of para-hydroxylation sites is 1. The van der Waals surface area contributed by atoms with Crippen LogP contribution in [-0.4, -0.2) is 56.5 Å². The van der Waals surface area contributed by atoms with Gasteiger partial charge in [0.15, 0.2) is 0 Å². The van der Waals surface area contributed by atoms with Crippen LogP contribution in [0.25, 0.3) is 15.2 Å². The highest BCUT2D eigenvalue weighted by molar-refractivity contribution is 7.21. The van der Waals surface area contributed by atoms with Crippen molar-refractivity contribution in [2.24, 2.45) is 5.92 Å². The second-order valence-electron chi connectivity index (χ2n) is 11.9. The standard InChI is InChI=1S/C33H43N5O5S/c1-7-22(3)21-43-26(24-14-9-10-15-25(24)42-6)20-36-30-27(23(4)29(44-30)37-19-13-16-34-37)28(39)38(32(36)41)33(5,8-2)31(40)35-17-11-12-18-35/h9-10,13-16,19,22,26H,7-8,11-12,17-18,20-21H2,1-6H3/t22?,26-,33?/m0/s1. The fraction of sp³-hybridized carbons (Fsp3) is 0.515. The average Bonchev–Trinajstić information content (AvgIpc) is 3.82. The lowest BCUT2D eigenvalue weighted by atomic mass is 9.96. The molecule has 44 heavy (non-hydrogen) atoms. The Morgan fingerprint density at radius 1 is 1.14 bits per heavy atom. The molecule has 4 aromatic rings. The van der Waals surface area contributed by atoms with Crippen LogP contribution in [0.15, 0.2) is 52.3 Å². The van der Waals surface area contributed by atoms with Crippen LogP contribution in [0.4, 0.5) is 0 Å². The Bertz CT molecular complexity index is 1730. The van der Waals surface area contributed by atoms with E-state index in [2.05, 4.69) is 18.9 Å². The number of benzene rings is 1. The summed E-state index contributed by atoms with van der Waals surface area (Å²) in [6, 6.07) is 9.46. The zero-order chi connectivity index (χ0) is 31.6. The number of thiophene rings is 1. The van der Waals surface area contributed by atoms with Crippen LogP contribution < -0.4 is 16.0 Å². The van der Waals surface area contributed by atoms with Gasteiger partial charge >= 0.3 is 5.69 Å². The third-order valence-electron chi connectivity index (χ3n) is 9.05. The molecule has 2 unspecified atom stereocenters. The summed E-state index contributed by atoms with van der Waals surface area (Å²) in [6.45, 7) is 11.6. The fourth-order valence-electron chi connectivity index (χ4n) is 5.94. The van der Waals surface area contributed by atoms with Crippen molar-refractivity contribution in [3.63, 3.8) is 0 Å². The molecular formula is C33H43N5O5S. The van der Waals surface area contributed by atoms with Gasteiger partial charge in [0.1, 0.15) is 27.2 Å². The number of nitrogens with zero attached hydrogens (tertiary/aromatic N) is 5. The maximum atomic E-state index is 14.7. The molecular weight excluding hydrogens is 578 g/mol. The molecule has 4 heterocycles. The average molecular weight is 622 g/mol. The molecule has 0 spiro atoms. The van der Waals surface area contributed by atoms with Gasteiger partial charge in [-0.3, -0.25) is 14.2 Å². The van der Waals surface area contributed by atoms with Crippen molar-refractivity contribution in [3.8, 4) is 10.8 Å². The Morgan fingerprint density at radius 3 is 2.50 bits per heavy atom. The molecule has 0 radical (unpaired) electrons. The van der Waals surface area contributed by atoms with Crippen LogP contribution >= 0.6 is 11.3 Å². The SMILES string of the molecule is CCC(C)CO[C@@H](Cn1c(=O)n(C(C)(CC)C(=O)N2CCCC2)c(=O)c2c(C)c(-n3cccn3)sc21)c1ccccc1OC. The van der Waals surface area contributed by atoms with Gasteiger partial charge in [-0.15, -0.1) is 0 Å². The number of aromatic nitrogens is 4. The Balaban J connectivity index is 1.77. The van der Waals surface area contributed by atoms with E-state index in [1.165, 1.54) is 15.9 Å². The van der Waals surface area contributed by atoms with Gasteiger partial charge in [0, 0.05) is 36.6 Å². The molecule has 10 nitrogen and oxygen atoms in total. The lowest BCUT2D eigenvalue weighted by Crippen LogP contribution is -2.57. The summed E-state index contributed by atoms with van der Waals surface area (Å²) in [5, 5.41) is 5.56. The van der Waals surface area contributed by atoms with Gasteiger partial charge in [-0.25, -0.2) is 14.0 Å². The number of methoxy groups -OCH3 is 1. The van der Waals surface area contributed by atoms with Crippen molar-refractivity contribution in [1.29, 1.82) is 0 Å². The van der Waals surface area contributed by atoms with Crippen molar-refractivity contribution < 1.29 is 14.3 Å². The molecule has 236 valence electrons. The van der Waals surface area contributed by atoms with Crippen molar-refractivity contribution in [1.82, 2.24) is 23.8 Å². The molecule has 0 saturated carbocycles. The highest BCUT2D eigenvalue weighted by atomic mass is 32.1. The summed E-state index contributed by atoms with van der Waals surface area (Å²) >= 11 is 1.34. The number of aryl methyl sites for hydroxylation is 1. The van der Waals surface area contributed by atoms with Crippen LogP contribution in [0, 0.1) is 12.8 Å². The number of amides is 1. The predicted octanol–water partition coefficient (Wildman–Crippen LogP) is 5.28. The molecule has 11 heteroatoms. The van der Waals surface area contributed by atoms with E-state index in [4.69, 9.17) is 9.47 Å². The number of ether oxygens (including phenoxy) is 2. The summed E-state index contributed by atoms with van der Waals surface area (Å²) in [5.41, 5.74) is -0.822. The van der Waals surface area contributed by atoms with Crippen molar-refractivity contribution in [3.05, 3.63) is 74.7 Å². The Kier molecular flexibility index (Phi) is 9.45. The fourth-order valence-corrected chi connectivity index (χ4v) is 7.19. The van der Waals surface area contributed by atoms with Crippen LogP contribution in [0.5, 0.6) is 5.75 Å². The number of likely N-dealkylation sites (tertiary alicyclic amines) is 1. The summed E-state index contributed by atoms with van der Waals surface area (Å²) in [6.07, 6.45) is 6.00. The Labute approximate surface area is 261 Å². The summed E-state index contributed by atoms with van der Waals surface area (Å²) < 4.78 is 16.8.